The Morgan fingerprint density at radius 1 is 1.38 bits per heavy atom. The Morgan fingerprint density at radius 2 is 2.00 bits per heavy atom. The number of methoxy groups -OCH3 is 2. The Morgan fingerprint density at radius 3 is 2.44 bits per heavy atom. The minimum Gasteiger partial charge on any atom is -0.468 e. The van der Waals surface area contributed by atoms with E-state index in [9.17, 15) is 4.79 Å². The van der Waals surface area contributed by atoms with Crippen LogP contribution < -0.4 is 5.32 Å². The summed E-state index contributed by atoms with van der Waals surface area (Å²) in [7, 11) is 3.19. The Labute approximate surface area is 97.7 Å². The van der Waals surface area contributed by atoms with Crippen molar-refractivity contribution in [3.63, 3.8) is 0 Å². The van der Waals surface area contributed by atoms with Crippen LogP contribution in [0.4, 0.5) is 0 Å². The summed E-state index contributed by atoms with van der Waals surface area (Å²) >= 11 is 0. The number of hydrogen-bond acceptors (Lipinski definition) is 4. The van der Waals surface area contributed by atoms with Crippen LogP contribution in [0.1, 0.15) is 39.0 Å². The molecule has 0 atom stereocenters. The van der Waals surface area contributed by atoms with Gasteiger partial charge in [-0.05, 0) is 38.6 Å². The molecule has 0 aliphatic heterocycles. The molecule has 4 nitrogen and oxygen atoms in total. The molecule has 1 N–H and O–H groups in total. The van der Waals surface area contributed by atoms with Crippen LogP contribution in [0.25, 0.3) is 0 Å². The van der Waals surface area contributed by atoms with E-state index in [1.54, 1.807) is 7.11 Å². The summed E-state index contributed by atoms with van der Waals surface area (Å²) in [5.41, 5.74) is -0.472. The van der Waals surface area contributed by atoms with Crippen LogP contribution in [0, 0.1) is 0 Å². The molecule has 1 fully saturated rings. The fraction of sp³-hybridized carbons (Fsp3) is 0.917. The SMILES string of the molecule is CCCNC1(C(=O)OC)CCC(OC)CC1. The molecule has 94 valence electrons. The minimum absolute atomic E-state index is 0.129. The number of carbonyl (C=O) groups is 1. The quantitative estimate of drug-likeness (QED) is 0.726. The Balaban J connectivity index is 2.62. The van der Waals surface area contributed by atoms with Gasteiger partial charge in [0.1, 0.15) is 5.54 Å². The van der Waals surface area contributed by atoms with Gasteiger partial charge in [0.2, 0.25) is 0 Å². The molecule has 1 rings (SSSR count). The van der Waals surface area contributed by atoms with Crippen molar-refractivity contribution in [1.29, 1.82) is 0 Å². The summed E-state index contributed by atoms with van der Waals surface area (Å²) in [4.78, 5) is 11.9. The third kappa shape index (κ3) is 2.95. The lowest BCUT2D eigenvalue weighted by Crippen LogP contribution is -2.55. The zero-order chi connectivity index (χ0) is 12.0. The van der Waals surface area contributed by atoms with E-state index >= 15 is 0 Å². The van der Waals surface area contributed by atoms with Gasteiger partial charge in [0.25, 0.3) is 0 Å². The molecule has 4 heteroatoms. The third-order valence-electron chi connectivity index (χ3n) is 3.41. The van der Waals surface area contributed by atoms with Crippen LogP contribution in [-0.4, -0.2) is 38.4 Å². The van der Waals surface area contributed by atoms with Gasteiger partial charge in [-0.3, -0.25) is 4.79 Å². The molecular formula is C12H23NO3. The summed E-state index contributed by atoms with van der Waals surface area (Å²) in [5, 5.41) is 3.35. The molecular weight excluding hydrogens is 206 g/mol. The van der Waals surface area contributed by atoms with Crippen molar-refractivity contribution < 1.29 is 14.3 Å². The van der Waals surface area contributed by atoms with Crippen LogP contribution in [0.2, 0.25) is 0 Å². The maximum Gasteiger partial charge on any atom is 0.326 e. The second-order valence-electron chi connectivity index (χ2n) is 4.44. The van der Waals surface area contributed by atoms with E-state index in [-0.39, 0.29) is 5.97 Å². The summed E-state index contributed by atoms with van der Waals surface area (Å²) < 4.78 is 10.2. The Hall–Kier alpha value is -0.610. The average Bonchev–Trinajstić information content (AvgIpc) is 2.36. The van der Waals surface area contributed by atoms with E-state index < -0.39 is 5.54 Å². The molecule has 1 aliphatic rings. The molecule has 0 aromatic rings. The standard InChI is InChI=1S/C12H23NO3/c1-4-9-13-12(11(14)16-3)7-5-10(15-2)6-8-12/h10,13H,4-9H2,1-3H3. The van der Waals surface area contributed by atoms with Crippen molar-refractivity contribution >= 4 is 5.97 Å². The smallest absolute Gasteiger partial charge is 0.326 e. The second kappa shape index (κ2) is 6.21. The topological polar surface area (TPSA) is 47.6 Å². The molecule has 0 unspecified atom stereocenters. The number of ether oxygens (including phenoxy) is 2. The van der Waals surface area contributed by atoms with Gasteiger partial charge < -0.3 is 14.8 Å². The summed E-state index contributed by atoms with van der Waals surface area (Å²) in [6.45, 7) is 2.95. The van der Waals surface area contributed by atoms with E-state index in [1.165, 1.54) is 7.11 Å². The van der Waals surface area contributed by atoms with Gasteiger partial charge in [-0.25, -0.2) is 0 Å². The summed E-state index contributed by atoms with van der Waals surface area (Å²) in [5.74, 6) is -0.129. The van der Waals surface area contributed by atoms with E-state index in [0.717, 1.165) is 38.6 Å². The van der Waals surface area contributed by atoms with Crippen LogP contribution >= 0.6 is 0 Å². The monoisotopic (exact) mass is 229 g/mol. The second-order valence-corrected chi connectivity index (χ2v) is 4.44. The largest absolute Gasteiger partial charge is 0.468 e. The zero-order valence-corrected chi connectivity index (χ0v) is 10.5. The first-order valence-corrected chi connectivity index (χ1v) is 6.04. The zero-order valence-electron chi connectivity index (χ0n) is 10.5. The minimum atomic E-state index is -0.472. The first-order valence-electron chi connectivity index (χ1n) is 6.04. The van der Waals surface area contributed by atoms with Gasteiger partial charge in [-0.1, -0.05) is 6.92 Å². The van der Waals surface area contributed by atoms with Crippen LogP contribution in [0.5, 0.6) is 0 Å². The average molecular weight is 229 g/mol. The highest BCUT2D eigenvalue weighted by Crippen LogP contribution is 2.30. The number of nitrogens with one attached hydrogen (secondary N) is 1. The van der Waals surface area contributed by atoms with Crippen molar-refractivity contribution in [3.05, 3.63) is 0 Å². The molecule has 0 saturated heterocycles. The predicted octanol–water partition coefficient (Wildman–Crippen LogP) is 1.49. The molecule has 0 spiro atoms. The van der Waals surface area contributed by atoms with Gasteiger partial charge in [0.05, 0.1) is 13.2 Å². The maximum atomic E-state index is 11.9. The molecule has 1 aliphatic carbocycles. The van der Waals surface area contributed by atoms with Gasteiger partial charge >= 0.3 is 5.97 Å². The molecule has 1 saturated carbocycles. The maximum absolute atomic E-state index is 11.9. The number of carbonyl (C=O) groups excluding carboxylic acids is 1. The lowest BCUT2D eigenvalue weighted by Gasteiger charge is -2.38. The molecule has 0 radical (unpaired) electrons. The van der Waals surface area contributed by atoms with E-state index in [0.29, 0.717) is 6.10 Å². The normalized spacial score (nSPS) is 30.1. The summed E-state index contributed by atoms with van der Waals surface area (Å²) in [6, 6.07) is 0. The van der Waals surface area contributed by atoms with Crippen LogP contribution in [0.3, 0.4) is 0 Å². The predicted molar refractivity (Wildman–Crippen MR) is 62.3 cm³/mol. The molecule has 0 amide bonds. The highest BCUT2D eigenvalue weighted by molar-refractivity contribution is 5.80. The highest BCUT2D eigenvalue weighted by Gasteiger charge is 2.42. The van der Waals surface area contributed by atoms with Crippen LogP contribution in [0.15, 0.2) is 0 Å². The molecule has 0 aromatic heterocycles. The van der Waals surface area contributed by atoms with Crippen LogP contribution in [-0.2, 0) is 14.3 Å². The van der Waals surface area contributed by atoms with E-state index in [2.05, 4.69) is 12.2 Å². The van der Waals surface area contributed by atoms with Crippen molar-refractivity contribution in [3.8, 4) is 0 Å². The van der Waals surface area contributed by atoms with E-state index in [4.69, 9.17) is 9.47 Å². The first-order chi connectivity index (χ1) is 7.68. The molecule has 0 heterocycles. The van der Waals surface area contributed by atoms with E-state index in [1.807, 2.05) is 0 Å². The van der Waals surface area contributed by atoms with Crippen molar-refractivity contribution in [1.82, 2.24) is 5.32 Å². The Kier molecular flexibility index (Phi) is 5.22. The first kappa shape index (κ1) is 13.5. The van der Waals surface area contributed by atoms with Gasteiger partial charge in [-0.2, -0.15) is 0 Å². The molecule has 16 heavy (non-hydrogen) atoms. The molecule has 0 aromatic carbocycles. The van der Waals surface area contributed by atoms with Crippen molar-refractivity contribution in [2.45, 2.75) is 50.7 Å². The third-order valence-corrected chi connectivity index (χ3v) is 3.41. The number of esters is 1. The number of hydrogen-bond donors (Lipinski definition) is 1. The lowest BCUT2D eigenvalue weighted by atomic mass is 9.80. The number of rotatable bonds is 5. The van der Waals surface area contributed by atoms with Crippen molar-refractivity contribution in [2.75, 3.05) is 20.8 Å². The molecule has 0 bridgehead atoms. The fourth-order valence-corrected chi connectivity index (χ4v) is 2.33. The van der Waals surface area contributed by atoms with Gasteiger partial charge in [0, 0.05) is 7.11 Å². The van der Waals surface area contributed by atoms with Crippen molar-refractivity contribution in [2.24, 2.45) is 0 Å². The summed E-state index contributed by atoms with van der Waals surface area (Å²) in [6.07, 6.45) is 4.76. The van der Waals surface area contributed by atoms with Gasteiger partial charge in [0.15, 0.2) is 0 Å². The fourth-order valence-electron chi connectivity index (χ4n) is 2.33. The lowest BCUT2D eigenvalue weighted by molar-refractivity contribution is -0.151. The highest BCUT2D eigenvalue weighted by atomic mass is 16.5. The van der Waals surface area contributed by atoms with Gasteiger partial charge in [-0.15, -0.1) is 0 Å². The Bertz CT molecular complexity index is 222.